The van der Waals surface area contributed by atoms with E-state index in [1.807, 2.05) is 0 Å². The van der Waals surface area contributed by atoms with Crippen molar-refractivity contribution in [3.05, 3.63) is 34.4 Å². The zero-order valence-electron chi connectivity index (χ0n) is 7.18. The third-order valence-electron chi connectivity index (χ3n) is 1.48. The monoisotopic (exact) mass is 213 g/mol. The molecule has 6 heteroatoms. The van der Waals surface area contributed by atoms with Crippen molar-refractivity contribution in [1.82, 2.24) is 0 Å². The second kappa shape index (κ2) is 4.57. The molecule has 0 bridgehead atoms. The van der Waals surface area contributed by atoms with E-state index in [0.717, 1.165) is 0 Å². The molecule has 14 heavy (non-hydrogen) atoms. The van der Waals surface area contributed by atoms with E-state index in [-0.39, 0.29) is 23.1 Å². The molecular formula is C8H8ClN3O2. The maximum absolute atomic E-state index is 10.6. The summed E-state index contributed by atoms with van der Waals surface area (Å²) in [6.07, 6.45) is 0. The topological polar surface area (TPSA) is 81.5 Å². The second-order valence-corrected chi connectivity index (χ2v) is 2.75. The Morgan fingerprint density at radius 1 is 1.57 bits per heavy atom. The van der Waals surface area contributed by atoms with E-state index in [1.165, 1.54) is 12.1 Å². The molecule has 74 valence electrons. The Balaban J connectivity index is 3.14. The van der Waals surface area contributed by atoms with Gasteiger partial charge in [0.15, 0.2) is 0 Å². The normalized spacial score (nSPS) is 11.4. The number of nitrogens with zero attached hydrogens (tertiary/aromatic N) is 2. The summed E-state index contributed by atoms with van der Waals surface area (Å²) in [5, 5.41) is 10.6. The van der Waals surface area contributed by atoms with Crippen LogP contribution in [0.3, 0.4) is 0 Å². The van der Waals surface area contributed by atoms with E-state index in [1.54, 1.807) is 12.1 Å². The van der Waals surface area contributed by atoms with Crippen molar-refractivity contribution >= 4 is 28.8 Å². The minimum atomic E-state index is -0.514. The Morgan fingerprint density at radius 2 is 2.21 bits per heavy atom. The standard InChI is InChI=1S/C8H8ClN3O2/c9-5-8(10)11-6-3-1-2-4-7(6)12(13)14/h1-4H,5H2,(H2,10,11). The zero-order valence-corrected chi connectivity index (χ0v) is 7.94. The number of nitrogens with two attached hydrogens (primary N) is 1. The highest BCUT2D eigenvalue weighted by molar-refractivity contribution is 6.28. The maximum atomic E-state index is 10.6. The predicted octanol–water partition coefficient (Wildman–Crippen LogP) is 1.82. The Labute approximate surface area is 85.4 Å². The summed E-state index contributed by atoms with van der Waals surface area (Å²) in [7, 11) is 0. The molecule has 2 N–H and O–H groups in total. The lowest BCUT2D eigenvalue weighted by Gasteiger charge is -1.97. The van der Waals surface area contributed by atoms with Gasteiger partial charge in [0.25, 0.3) is 5.69 Å². The molecule has 0 fully saturated rings. The van der Waals surface area contributed by atoms with Gasteiger partial charge in [-0.3, -0.25) is 10.1 Å². The van der Waals surface area contributed by atoms with Crippen LogP contribution < -0.4 is 5.73 Å². The summed E-state index contributed by atoms with van der Waals surface area (Å²) < 4.78 is 0. The number of aliphatic imine (C=N–C) groups is 1. The molecular weight excluding hydrogens is 206 g/mol. The van der Waals surface area contributed by atoms with E-state index < -0.39 is 4.92 Å². The van der Waals surface area contributed by atoms with Crippen LogP contribution in [0.2, 0.25) is 0 Å². The first kappa shape index (κ1) is 10.5. The Bertz CT molecular complexity index is 379. The summed E-state index contributed by atoms with van der Waals surface area (Å²) in [4.78, 5) is 13.9. The third-order valence-corrected chi connectivity index (χ3v) is 1.75. The van der Waals surface area contributed by atoms with Gasteiger partial charge < -0.3 is 5.73 Å². The molecule has 0 spiro atoms. The molecule has 0 aliphatic carbocycles. The molecule has 0 aliphatic heterocycles. The molecule has 0 unspecified atom stereocenters. The van der Waals surface area contributed by atoms with Crippen molar-refractivity contribution in [3.63, 3.8) is 0 Å². The lowest BCUT2D eigenvalue weighted by Crippen LogP contribution is -2.12. The van der Waals surface area contributed by atoms with Crippen LogP contribution in [0.4, 0.5) is 11.4 Å². The summed E-state index contributed by atoms with van der Waals surface area (Å²) in [5.41, 5.74) is 5.50. The summed E-state index contributed by atoms with van der Waals surface area (Å²) in [5.74, 6) is 0.201. The minimum absolute atomic E-state index is 0.0477. The Kier molecular flexibility index (Phi) is 3.41. The number of benzene rings is 1. The van der Waals surface area contributed by atoms with Gasteiger partial charge in [-0.05, 0) is 6.07 Å². The molecule has 1 aromatic rings. The Morgan fingerprint density at radius 3 is 2.79 bits per heavy atom. The van der Waals surface area contributed by atoms with Crippen LogP contribution in [0.5, 0.6) is 0 Å². The first-order valence-electron chi connectivity index (χ1n) is 3.77. The van der Waals surface area contributed by atoms with Crippen molar-refractivity contribution in [2.45, 2.75) is 0 Å². The first-order chi connectivity index (χ1) is 6.65. The number of hydrogen-bond donors (Lipinski definition) is 1. The highest BCUT2D eigenvalue weighted by atomic mass is 35.5. The molecule has 5 nitrogen and oxygen atoms in total. The van der Waals surface area contributed by atoms with Gasteiger partial charge in [0.1, 0.15) is 11.5 Å². The molecule has 0 saturated carbocycles. The van der Waals surface area contributed by atoms with E-state index in [2.05, 4.69) is 4.99 Å². The number of halogens is 1. The summed E-state index contributed by atoms with van der Waals surface area (Å²) >= 11 is 5.41. The fourth-order valence-corrected chi connectivity index (χ4v) is 0.957. The SMILES string of the molecule is NC(CCl)=Nc1ccccc1[N+](=O)[O-]. The average molecular weight is 214 g/mol. The summed E-state index contributed by atoms with van der Waals surface area (Å²) in [6, 6.07) is 6.08. The van der Waals surface area contributed by atoms with E-state index in [0.29, 0.717) is 0 Å². The molecule has 0 heterocycles. The average Bonchev–Trinajstić information content (AvgIpc) is 2.18. The van der Waals surface area contributed by atoms with E-state index in [9.17, 15) is 10.1 Å². The molecule has 1 aromatic carbocycles. The number of hydrogen-bond acceptors (Lipinski definition) is 3. The van der Waals surface area contributed by atoms with Crippen LogP contribution in [0.1, 0.15) is 0 Å². The largest absolute Gasteiger partial charge is 0.386 e. The number of rotatable bonds is 3. The summed E-state index contributed by atoms with van der Waals surface area (Å²) in [6.45, 7) is 0. The van der Waals surface area contributed by atoms with Crippen LogP contribution in [-0.2, 0) is 0 Å². The van der Waals surface area contributed by atoms with Gasteiger partial charge in [-0.15, -0.1) is 11.6 Å². The van der Waals surface area contributed by atoms with Gasteiger partial charge in [-0.25, -0.2) is 4.99 Å². The van der Waals surface area contributed by atoms with Crippen molar-refractivity contribution < 1.29 is 4.92 Å². The Hall–Kier alpha value is -1.62. The fourth-order valence-electron chi connectivity index (χ4n) is 0.898. The molecule has 0 radical (unpaired) electrons. The van der Waals surface area contributed by atoms with Gasteiger partial charge >= 0.3 is 0 Å². The number of nitro benzene ring substituents is 1. The quantitative estimate of drug-likeness (QED) is 0.273. The van der Waals surface area contributed by atoms with Gasteiger partial charge in [-0.1, -0.05) is 12.1 Å². The van der Waals surface area contributed by atoms with Crippen molar-refractivity contribution in [3.8, 4) is 0 Å². The first-order valence-corrected chi connectivity index (χ1v) is 4.31. The van der Waals surface area contributed by atoms with Crippen molar-refractivity contribution in [2.24, 2.45) is 10.7 Å². The number of amidine groups is 1. The van der Waals surface area contributed by atoms with Crippen LogP contribution in [0, 0.1) is 10.1 Å². The van der Waals surface area contributed by atoms with Crippen molar-refractivity contribution in [1.29, 1.82) is 0 Å². The van der Waals surface area contributed by atoms with Gasteiger partial charge in [0, 0.05) is 6.07 Å². The van der Waals surface area contributed by atoms with Crippen molar-refractivity contribution in [2.75, 3.05) is 5.88 Å². The number of para-hydroxylation sites is 2. The molecule has 0 saturated heterocycles. The fraction of sp³-hybridized carbons (Fsp3) is 0.125. The number of alkyl halides is 1. The van der Waals surface area contributed by atoms with Gasteiger partial charge in [0.2, 0.25) is 0 Å². The lowest BCUT2D eigenvalue weighted by atomic mass is 10.3. The van der Waals surface area contributed by atoms with Crippen LogP contribution in [0.15, 0.2) is 29.3 Å². The molecule has 0 amide bonds. The molecule has 1 rings (SSSR count). The van der Waals surface area contributed by atoms with Gasteiger partial charge in [0.05, 0.1) is 10.8 Å². The molecule has 0 aromatic heterocycles. The highest BCUT2D eigenvalue weighted by Crippen LogP contribution is 2.25. The van der Waals surface area contributed by atoms with Crippen LogP contribution >= 0.6 is 11.6 Å². The number of nitro groups is 1. The second-order valence-electron chi connectivity index (χ2n) is 2.48. The molecule has 0 aliphatic rings. The lowest BCUT2D eigenvalue weighted by molar-refractivity contribution is -0.384. The van der Waals surface area contributed by atoms with Gasteiger partial charge in [-0.2, -0.15) is 0 Å². The predicted molar refractivity (Wildman–Crippen MR) is 55.1 cm³/mol. The van der Waals surface area contributed by atoms with E-state index in [4.69, 9.17) is 17.3 Å². The smallest absolute Gasteiger partial charge is 0.294 e. The van der Waals surface area contributed by atoms with E-state index >= 15 is 0 Å². The highest BCUT2D eigenvalue weighted by Gasteiger charge is 2.11. The van der Waals surface area contributed by atoms with Crippen LogP contribution in [-0.4, -0.2) is 16.6 Å². The minimum Gasteiger partial charge on any atom is -0.386 e. The molecule has 0 atom stereocenters. The van der Waals surface area contributed by atoms with Crippen LogP contribution in [0.25, 0.3) is 0 Å². The third kappa shape index (κ3) is 2.43. The maximum Gasteiger partial charge on any atom is 0.294 e. The zero-order chi connectivity index (χ0) is 10.6.